The van der Waals surface area contributed by atoms with Crippen molar-refractivity contribution in [2.24, 2.45) is 11.7 Å². The third-order valence-corrected chi connectivity index (χ3v) is 3.04. The molecule has 0 aliphatic heterocycles. The molecule has 106 valence electrons. The molecule has 0 radical (unpaired) electrons. The third-order valence-electron chi connectivity index (χ3n) is 3.04. The molecule has 1 unspecified atom stereocenters. The Hall–Kier alpha value is -1.62. The van der Waals surface area contributed by atoms with Gasteiger partial charge in [-0.3, -0.25) is 4.79 Å². The van der Waals surface area contributed by atoms with Gasteiger partial charge in [0.05, 0.1) is 19.2 Å². The summed E-state index contributed by atoms with van der Waals surface area (Å²) >= 11 is 0. The lowest BCUT2D eigenvalue weighted by Crippen LogP contribution is -2.44. The maximum absolute atomic E-state index is 13.3. The predicted molar refractivity (Wildman–Crippen MR) is 72.3 cm³/mol. The number of hydrogen-bond donors (Lipinski definition) is 2. The molecule has 1 aromatic carbocycles. The third kappa shape index (κ3) is 3.92. The minimum absolute atomic E-state index is 0.0432. The molecule has 0 spiro atoms. The van der Waals surface area contributed by atoms with E-state index in [1.54, 1.807) is 6.92 Å². The Morgan fingerprint density at radius 1 is 1.37 bits per heavy atom. The van der Waals surface area contributed by atoms with Crippen molar-refractivity contribution < 1.29 is 13.9 Å². The van der Waals surface area contributed by atoms with Gasteiger partial charge in [-0.25, -0.2) is 4.39 Å². The van der Waals surface area contributed by atoms with Gasteiger partial charge in [-0.15, -0.1) is 0 Å². The highest BCUT2D eigenvalue weighted by Gasteiger charge is 2.21. The SMILES string of the molecule is COc1ccc(F)cc1C(C)NC(=O)[C@H](N)C(C)C. The van der Waals surface area contributed by atoms with Gasteiger partial charge < -0.3 is 15.8 Å². The highest BCUT2D eigenvalue weighted by atomic mass is 19.1. The van der Waals surface area contributed by atoms with Gasteiger partial charge in [0.1, 0.15) is 11.6 Å². The molecule has 0 saturated heterocycles. The first-order valence-corrected chi connectivity index (χ1v) is 6.26. The molecule has 0 aliphatic carbocycles. The molecule has 0 fully saturated rings. The van der Waals surface area contributed by atoms with Gasteiger partial charge in [0.25, 0.3) is 0 Å². The van der Waals surface area contributed by atoms with Crippen molar-refractivity contribution in [3.8, 4) is 5.75 Å². The van der Waals surface area contributed by atoms with Gasteiger partial charge in [0, 0.05) is 5.56 Å². The van der Waals surface area contributed by atoms with Crippen LogP contribution in [0.5, 0.6) is 5.75 Å². The second-order valence-corrected chi connectivity index (χ2v) is 4.89. The number of nitrogens with two attached hydrogens (primary N) is 1. The van der Waals surface area contributed by atoms with E-state index in [1.807, 2.05) is 13.8 Å². The Bertz CT molecular complexity index is 449. The van der Waals surface area contributed by atoms with E-state index >= 15 is 0 Å². The highest BCUT2D eigenvalue weighted by Crippen LogP contribution is 2.25. The Morgan fingerprint density at radius 2 is 2.00 bits per heavy atom. The van der Waals surface area contributed by atoms with E-state index in [0.29, 0.717) is 11.3 Å². The quantitative estimate of drug-likeness (QED) is 0.858. The van der Waals surface area contributed by atoms with Crippen molar-refractivity contribution in [2.75, 3.05) is 7.11 Å². The maximum Gasteiger partial charge on any atom is 0.237 e. The summed E-state index contributed by atoms with van der Waals surface area (Å²) in [7, 11) is 1.51. The monoisotopic (exact) mass is 268 g/mol. The average Bonchev–Trinajstić information content (AvgIpc) is 2.37. The van der Waals surface area contributed by atoms with E-state index in [9.17, 15) is 9.18 Å². The van der Waals surface area contributed by atoms with E-state index in [2.05, 4.69) is 5.32 Å². The molecular weight excluding hydrogens is 247 g/mol. The van der Waals surface area contributed by atoms with Crippen LogP contribution in [0.3, 0.4) is 0 Å². The van der Waals surface area contributed by atoms with Gasteiger partial charge in [-0.2, -0.15) is 0 Å². The number of rotatable bonds is 5. The minimum atomic E-state index is -0.581. The molecule has 0 aromatic heterocycles. The van der Waals surface area contributed by atoms with Crippen LogP contribution in [0.1, 0.15) is 32.4 Å². The Labute approximate surface area is 113 Å². The van der Waals surface area contributed by atoms with Crippen molar-refractivity contribution in [3.63, 3.8) is 0 Å². The fraction of sp³-hybridized carbons (Fsp3) is 0.500. The van der Waals surface area contributed by atoms with E-state index in [4.69, 9.17) is 10.5 Å². The van der Waals surface area contributed by atoms with Gasteiger partial charge in [0.2, 0.25) is 5.91 Å². The lowest BCUT2D eigenvalue weighted by atomic mass is 10.0. The molecule has 19 heavy (non-hydrogen) atoms. The van der Waals surface area contributed by atoms with Crippen LogP contribution >= 0.6 is 0 Å². The first kappa shape index (κ1) is 15.4. The molecule has 1 amide bonds. The molecular formula is C14H21FN2O2. The summed E-state index contributed by atoms with van der Waals surface area (Å²) in [5, 5.41) is 2.77. The number of carbonyl (C=O) groups excluding carboxylic acids is 1. The summed E-state index contributed by atoms with van der Waals surface area (Å²) in [6.07, 6.45) is 0. The van der Waals surface area contributed by atoms with Crippen LogP contribution in [0.2, 0.25) is 0 Å². The first-order valence-electron chi connectivity index (χ1n) is 6.26. The molecule has 1 aromatic rings. The number of benzene rings is 1. The molecule has 0 heterocycles. The van der Waals surface area contributed by atoms with Crippen molar-refractivity contribution in [1.29, 1.82) is 0 Å². The average molecular weight is 268 g/mol. The van der Waals surface area contributed by atoms with Crippen LogP contribution in [0.25, 0.3) is 0 Å². The largest absolute Gasteiger partial charge is 0.496 e. The van der Waals surface area contributed by atoms with Crippen LogP contribution in [0.15, 0.2) is 18.2 Å². The van der Waals surface area contributed by atoms with E-state index in [-0.39, 0.29) is 23.7 Å². The first-order chi connectivity index (χ1) is 8.86. The molecule has 0 aliphatic rings. The van der Waals surface area contributed by atoms with Gasteiger partial charge in [-0.1, -0.05) is 13.8 Å². The van der Waals surface area contributed by atoms with Gasteiger partial charge >= 0.3 is 0 Å². The summed E-state index contributed by atoms with van der Waals surface area (Å²) in [6, 6.07) is 3.25. The smallest absolute Gasteiger partial charge is 0.237 e. The van der Waals surface area contributed by atoms with Gasteiger partial charge in [-0.05, 0) is 31.0 Å². The molecule has 0 bridgehead atoms. The second kappa shape index (κ2) is 6.52. The number of carbonyl (C=O) groups is 1. The molecule has 2 atom stereocenters. The molecule has 1 rings (SSSR count). The van der Waals surface area contributed by atoms with E-state index < -0.39 is 6.04 Å². The Morgan fingerprint density at radius 3 is 2.53 bits per heavy atom. The fourth-order valence-electron chi connectivity index (χ4n) is 1.73. The zero-order valence-corrected chi connectivity index (χ0v) is 11.7. The zero-order chi connectivity index (χ0) is 14.6. The summed E-state index contributed by atoms with van der Waals surface area (Å²) in [6.45, 7) is 5.51. The predicted octanol–water partition coefficient (Wildman–Crippen LogP) is 1.99. The van der Waals surface area contributed by atoms with E-state index in [0.717, 1.165) is 0 Å². The number of amides is 1. The summed E-state index contributed by atoms with van der Waals surface area (Å²) < 4.78 is 18.4. The maximum atomic E-state index is 13.3. The minimum Gasteiger partial charge on any atom is -0.496 e. The second-order valence-electron chi connectivity index (χ2n) is 4.89. The van der Waals surface area contributed by atoms with Crippen molar-refractivity contribution in [2.45, 2.75) is 32.9 Å². The van der Waals surface area contributed by atoms with Crippen molar-refractivity contribution >= 4 is 5.91 Å². The Kier molecular flexibility index (Phi) is 5.30. The van der Waals surface area contributed by atoms with Gasteiger partial charge in [0.15, 0.2) is 0 Å². The summed E-state index contributed by atoms with van der Waals surface area (Å²) in [4.78, 5) is 11.9. The lowest BCUT2D eigenvalue weighted by Gasteiger charge is -2.21. The molecule has 3 N–H and O–H groups in total. The van der Waals surface area contributed by atoms with Crippen molar-refractivity contribution in [3.05, 3.63) is 29.6 Å². The fourth-order valence-corrected chi connectivity index (χ4v) is 1.73. The lowest BCUT2D eigenvalue weighted by molar-refractivity contribution is -0.123. The highest BCUT2D eigenvalue weighted by molar-refractivity contribution is 5.82. The number of halogens is 1. The molecule has 0 saturated carbocycles. The van der Waals surface area contributed by atoms with Crippen LogP contribution in [0, 0.1) is 11.7 Å². The van der Waals surface area contributed by atoms with Crippen LogP contribution in [0.4, 0.5) is 4.39 Å². The molecule has 4 nitrogen and oxygen atoms in total. The standard InChI is InChI=1S/C14H21FN2O2/c1-8(2)13(16)14(18)17-9(3)11-7-10(15)5-6-12(11)19-4/h5-9,13H,16H2,1-4H3,(H,17,18)/t9?,13-/m1/s1. The zero-order valence-electron chi connectivity index (χ0n) is 11.7. The number of ether oxygens (including phenoxy) is 1. The van der Waals surface area contributed by atoms with Crippen LogP contribution in [-0.2, 0) is 4.79 Å². The summed E-state index contributed by atoms with van der Waals surface area (Å²) in [5.74, 6) is -0.0483. The number of hydrogen-bond acceptors (Lipinski definition) is 3. The normalized spacial score (nSPS) is 14.1. The molecule has 5 heteroatoms. The number of methoxy groups -OCH3 is 1. The van der Waals surface area contributed by atoms with E-state index in [1.165, 1.54) is 25.3 Å². The Balaban J connectivity index is 2.86. The van der Waals surface area contributed by atoms with Crippen LogP contribution < -0.4 is 15.8 Å². The van der Waals surface area contributed by atoms with Crippen LogP contribution in [-0.4, -0.2) is 19.1 Å². The topological polar surface area (TPSA) is 64.3 Å². The number of nitrogens with one attached hydrogen (secondary N) is 1. The van der Waals surface area contributed by atoms with Crippen molar-refractivity contribution in [1.82, 2.24) is 5.32 Å². The summed E-state index contributed by atoms with van der Waals surface area (Å²) in [5.41, 5.74) is 6.36.